The number of hydrogen-bond donors (Lipinski definition) is 2. The van der Waals surface area contributed by atoms with Gasteiger partial charge in [0.15, 0.2) is 5.11 Å². The molecule has 2 N–H and O–H groups in total. The van der Waals surface area contributed by atoms with Crippen molar-refractivity contribution in [3.05, 3.63) is 29.8 Å². The zero-order valence-electron chi connectivity index (χ0n) is 12.2. The second-order valence-corrected chi connectivity index (χ2v) is 5.68. The van der Waals surface area contributed by atoms with E-state index in [2.05, 4.69) is 41.8 Å². The third-order valence-electron chi connectivity index (χ3n) is 3.55. The Bertz CT molecular complexity index is 413. The predicted octanol–water partition coefficient (Wildman–Crippen LogP) is 3.49. The van der Waals surface area contributed by atoms with Gasteiger partial charge in [0.1, 0.15) is 0 Å². The molecular weight excluding hydrogens is 268 g/mol. The first kappa shape index (κ1) is 15.3. The topological polar surface area (TPSA) is 33.3 Å². The Morgan fingerprint density at radius 3 is 2.80 bits per heavy atom. The first-order valence-electron chi connectivity index (χ1n) is 7.53. The standard InChI is InChI=1S/C16H24N2OS/c1-2-3-5-13-7-9-14(10-8-13)18-16(20)17-12-15-6-4-11-19-15/h7-10,15H,2-6,11-12H2,1H3,(H2,17,18,20). The first-order chi connectivity index (χ1) is 9.78. The highest BCUT2D eigenvalue weighted by molar-refractivity contribution is 7.80. The van der Waals surface area contributed by atoms with Crippen LogP contribution >= 0.6 is 12.2 Å². The predicted molar refractivity (Wildman–Crippen MR) is 88.3 cm³/mol. The summed E-state index contributed by atoms with van der Waals surface area (Å²) < 4.78 is 5.56. The molecule has 0 radical (unpaired) electrons. The molecule has 0 aromatic heterocycles. The maximum Gasteiger partial charge on any atom is 0.170 e. The van der Waals surface area contributed by atoms with E-state index in [1.54, 1.807) is 0 Å². The number of rotatable bonds is 6. The average molecular weight is 292 g/mol. The molecule has 0 saturated carbocycles. The number of aryl methyl sites for hydroxylation is 1. The summed E-state index contributed by atoms with van der Waals surface area (Å²) in [6.07, 6.45) is 6.23. The Balaban J connectivity index is 1.72. The molecule has 1 unspecified atom stereocenters. The molecule has 20 heavy (non-hydrogen) atoms. The first-order valence-corrected chi connectivity index (χ1v) is 7.94. The normalized spacial score (nSPS) is 17.9. The lowest BCUT2D eigenvalue weighted by atomic mass is 10.1. The molecule has 1 heterocycles. The van der Waals surface area contributed by atoms with Crippen LogP contribution in [-0.2, 0) is 11.2 Å². The fourth-order valence-electron chi connectivity index (χ4n) is 2.32. The number of thiocarbonyl (C=S) groups is 1. The maximum atomic E-state index is 5.56. The molecule has 1 saturated heterocycles. The van der Waals surface area contributed by atoms with E-state index in [-0.39, 0.29) is 0 Å². The molecule has 1 aliphatic rings. The van der Waals surface area contributed by atoms with E-state index in [1.165, 1.54) is 18.4 Å². The van der Waals surface area contributed by atoms with Gasteiger partial charge in [-0.15, -0.1) is 0 Å². The molecule has 0 amide bonds. The van der Waals surface area contributed by atoms with Crippen LogP contribution in [0, 0.1) is 0 Å². The van der Waals surface area contributed by atoms with Crippen LogP contribution in [0.1, 0.15) is 38.2 Å². The Hall–Kier alpha value is -1.13. The molecule has 1 atom stereocenters. The fourth-order valence-corrected chi connectivity index (χ4v) is 2.52. The van der Waals surface area contributed by atoms with Crippen molar-refractivity contribution in [3.8, 4) is 0 Å². The minimum absolute atomic E-state index is 0.311. The summed E-state index contributed by atoms with van der Waals surface area (Å²) >= 11 is 5.30. The van der Waals surface area contributed by atoms with Crippen molar-refractivity contribution < 1.29 is 4.74 Å². The molecule has 110 valence electrons. The molecule has 0 bridgehead atoms. The Morgan fingerprint density at radius 2 is 2.15 bits per heavy atom. The highest BCUT2D eigenvalue weighted by Crippen LogP contribution is 2.12. The van der Waals surface area contributed by atoms with Crippen molar-refractivity contribution >= 4 is 23.0 Å². The molecular formula is C16H24N2OS. The Kier molecular flexibility index (Phi) is 6.27. The van der Waals surface area contributed by atoms with Gasteiger partial charge in [0.2, 0.25) is 0 Å². The summed E-state index contributed by atoms with van der Waals surface area (Å²) in [6.45, 7) is 3.89. The summed E-state index contributed by atoms with van der Waals surface area (Å²) in [5, 5.41) is 7.10. The van der Waals surface area contributed by atoms with Crippen molar-refractivity contribution in [1.82, 2.24) is 5.32 Å². The molecule has 0 aliphatic carbocycles. The SMILES string of the molecule is CCCCc1ccc(NC(=S)NCC2CCCO2)cc1. The summed E-state index contributed by atoms with van der Waals surface area (Å²) in [5.74, 6) is 0. The van der Waals surface area contributed by atoms with Gasteiger partial charge in [-0.3, -0.25) is 0 Å². The zero-order chi connectivity index (χ0) is 14.2. The van der Waals surface area contributed by atoms with E-state index in [1.807, 2.05) is 0 Å². The molecule has 1 aromatic carbocycles. The van der Waals surface area contributed by atoms with E-state index >= 15 is 0 Å². The second-order valence-electron chi connectivity index (χ2n) is 5.27. The van der Waals surface area contributed by atoms with Gasteiger partial charge in [-0.05, 0) is 55.6 Å². The van der Waals surface area contributed by atoms with E-state index < -0.39 is 0 Å². The lowest BCUT2D eigenvalue weighted by Gasteiger charge is -2.14. The van der Waals surface area contributed by atoms with Crippen LogP contribution in [0.3, 0.4) is 0 Å². The molecule has 1 aliphatic heterocycles. The minimum atomic E-state index is 0.311. The fraction of sp³-hybridized carbons (Fsp3) is 0.562. The van der Waals surface area contributed by atoms with Crippen molar-refractivity contribution in [3.63, 3.8) is 0 Å². The maximum absolute atomic E-state index is 5.56. The van der Waals surface area contributed by atoms with Gasteiger partial charge >= 0.3 is 0 Å². The monoisotopic (exact) mass is 292 g/mol. The van der Waals surface area contributed by atoms with Crippen molar-refractivity contribution in [2.75, 3.05) is 18.5 Å². The van der Waals surface area contributed by atoms with Crippen LogP contribution in [0.4, 0.5) is 5.69 Å². The lowest BCUT2D eigenvalue weighted by Crippen LogP contribution is -2.34. The molecule has 2 rings (SSSR count). The van der Waals surface area contributed by atoms with Gasteiger partial charge in [-0.25, -0.2) is 0 Å². The number of hydrogen-bond acceptors (Lipinski definition) is 2. The van der Waals surface area contributed by atoms with E-state index in [9.17, 15) is 0 Å². The Labute approximate surface area is 127 Å². The average Bonchev–Trinajstić information content (AvgIpc) is 2.98. The van der Waals surface area contributed by atoms with Crippen molar-refractivity contribution in [2.24, 2.45) is 0 Å². The van der Waals surface area contributed by atoms with Crippen LogP contribution in [0.25, 0.3) is 0 Å². The van der Waals surface area contributed by atoms with Gasteiger partial charge in [-0.1, -0.05) is 25.5 Å². The van der Waals surface area contributed by atoms with E-state index in [0.29, 0.717) is 11.2 Å². The Morgan fingerprint density at radius 1 is 1.35 bits per heavy atom. The summed E-state index contributed by atoms with van der Waals surface area (Å²) in [4.78, 5) is 0. The molecule has 3 nitrogen and oxygen atoms in total. The number of ether oxygens (including phenoxy) is 1. The molecule has 0 spiro atoms. The summed E-state index contributed by atoms with van der Waals surface area (Å²) in [7, 11) is 0. The highest BCUT2D eigenvalue weighted by atomic mass is 32.1. The largest absolute Gasteiger partial charge is 0.376 e. The van der Waals surface area contributed by atoms with Gasteiger partial charge in [0, 0.05) is 18.8 Å². The minimum Gasteiger partial charge on any atom is -0.376 e. The van der Waals surface area contributed by atoms with Gasteiger partial charge in [0.25, 0.3) is 0 Å². The van der Waals surface area contributed by atoms with Gasteiger partial charge < -0.3 is 15.4 Å². The van der Waals surface area contributed by atoms with E-state index in [0.717, 1.165) is 38.1 Å². The van der Waals surface area contributed by atoms with Crippen molar-refractivity contribution in [2.45, 2.75) is 45.1 Å². The van der Waals surface area contributed by atoms with Gasteiger partial charge in [-0.2, -0.15) is 0 Å². The van der Waals surface area contributed by atoms with Crippen LogP contribution in [-0.4, -0.2) is 24.4 Å². The number of benzene rings is 1. The van der Waals surface area contributed by atoms with Gasteiger partial charge in [0.05, 0.1) is 6.10 Å². The smallest absolute Gasteiger partial charge is 0.170 e. The summed E-state index contributed by atoms with van der Waals surface area (Å²) in [6, 6.07) is 8.51. The lowest BCUT2D eigenvalue weighted by molar-refractivity contribution is 0.114. The summed E-state index contributed by atoms with van der Waals surface area (Å²) in [5.41, 5.74) is 2.42. The molecule has 1 aromatic rings. The van der Waals surface area contributed by atoms with Crippen LogP contribution in [0.5, 0.6) is 0 Å². The number of nitrogens with one attached hydrogen (secondary N) is 2. The third-order valence-corrected chi connectivity index (χ3v) is 3.79. The van der Waals surface area contributed by atoms with Crippen LogP contribution in [0.2, 0.25) is 0 Å². The van der Waals surface area contributed by atoms with E-state index in [4.69, 9.17) is 17.0 Å². The third kappa shape index (κ3) is 5.10. The van der Waals surface area contributed by atoms with Crippen molar-refractivity contribution in [1.29, 1.82) is 0 Å². The van der Waals surface area contributed by atoms with Crippen LogP contribution < -0.4 is 10.6 Å². The molecule has 4 heteroatoms. The van der Waals surface area contributed by atoms with Crippen LogP contribution in [0.15, 0.2) is 24.3 Å². The molecule has 1 fully saturated rings. The number of anilines is 1. The number of unbranched alkanes of at least 4 members (excludes halogenated alkanes) is 1. The second kappa shape index (κ2) is 8.22. The highest BCUT2D eigenvalue weighted by Gasteiger charge is 2.15. The zero-order valence-corrected chi connectivity index (χ0v) is 13.0. The quantitative estimate of drug-likeness (QED) is 0.786.